The molecule has 2 aliphatic rings. The molecule has 2 aliphatic heterocycles. The van der Waals surface area contributed by atoms with Crippen molar-refractivity contribution < 1.29 is 4.74 Å². The van der Waals surface area contributed by atoms with E-state index < -0.39 is 0 Å². The highest BCUT2D eigenvalue weighted by Crippen LogP contribution is 2.27. The van der Waals surface area contributed by atoms with Gasteiger partial charge in [-0.25, -0.2) is 0 Å². The Morgan fingerprint density at radius 1 is 1.21 bits per heavy atom. The van der Waals surface area contributed by atoms with Gasteiger partial charge in [0.1, 0.15) is 11.6 Å². The number of piperidine rings is 1. The summed E-state index contributed by atoms with van der Waals surface area (Å²) in [6.07, 6.45) is 3.70. The summed E-state index contributed by atoms with van der Waals surface area (Å²) >= 11 is 5.21. The Bertz CT molecular complexity index is 578. The second kappa shape index (κ2) is 7.94. The molecule has 0 amide bonds. The SMILES string of the molecule is CNC(=S)Nc1nc(N2CCOCC2)cc(N2CCCC[C@H]2C)n1. The van der Waals surface area contributed by atoms with Gasteiger partial charge in [0.25, 0.3) is 0 Å². The van der Waals surface area contributed by atoms with Crippen LogP contribution in [0, 0.1) is 0 Å². The molecule has 1 aromatic rings. The third kappa shape index (κ3) is 4.05. The Hall–Kier alpha value is -1.67. The first-order valence-electron chi connectivity index (χ1n) is 8.64. The van der Waals surface area contributed by atoms with Gasteiger partial charge < -0.3 is 25.2 Å². The van der Waals surface area contributed by atoms with Crippen LogP contribution in [0.1, 0.15) is 26.2 Å². The fourth-order valence-electron chi connectivity index (χ4n) is 3.18. The predicted octanol–water partition coefficient (Wildman–Crippen LogP) is 1.61. The van der Waals surface area contributed by atoms with Crippen LogP contribution in [-0.4, -0.2) is 61.0 Å². The quantitative estimate of drug-likeness (QED) is 0.797. The van der Waals surface area contributed by atoms with E-state index in [0.717, 1.165) is 44.5 Å². The van der Waals surface area contributed by atoms with E-state index in [0.29, 0.717) is 17.1 Å². The molecule has 0 unspecified atom stereocenters. The lowest BCUT2D eigenvalue weighted by atomic mass is 10.0. The van der Waals surface area contributed by atoms with Crippen LogP contribution >= 0.6 is 12.2 Å². The number of rotatable bonds is 3. The summed E-state index contributed by atoms with van der Waals surface area (Å²) in [5.41, 5.74) is 0. The summed E-state index contributed by atoms with van der Waals surface area (Å²) in [7, 11) is 1.79. The van der Waals surface area contributed by atoms with Gasteiger partial charge in [-0.2, -0.15) is 9.97 Å². The second-order valence-corrected chi connectivity index (χ2v) is 6.66. The van der Waals surface area contributed by atoms with Crippen LogP contribution in [0.25, 0.3) is 0 Å². The van der Waals surface area contributed by atoms with Crippen LogP contribution in [0.2, 0.25) is 0 Å². The zero-order valence-electron chi connectivity index (χ0n) is 14.4. The predicted molar refractivity (Wildman–Crippen MR) is 101 cm³/mol. The number of aromatic nitrogens is 2. The van der Waals surface area contributed by atoms with Gasteiger partial charge in [-0.05, 0) is 38.4 Å². The molecule has 7 nitrogen and oxygen atoms in total. The smallest absolute Gasteiger partial charge is 0.232 e. The van der Waals surface area contributed by atoms with E-state index in [-0.39, 0.29) is 0 Å². The average Bonchev–Trinajstić information content (AvgIpc) is 2.62. The largest absolute Gasteiger partial charge is 0.378 e. The molecular formula is C16H26N6OS. The lowest BCUT2D eigenvalue weighted by molar-refractivity contribution is 0.122. The number of hydrogen-bond acceptors (Lipinski definition) is 6. The van der Waals surface area contributed by atoms with Crippen molar-refractivity contribution in [3.63, 3.8) is 0 Å². The number of hydrogen-bond donors (Lipinski definition) is 2. The molecule has 1 atom stereocenters. The fraction of sp³-hybridized carbons (Fsp3) is 0.688. The van der Waals surface area contributed by atoms with E-state index in [1.165, 1.54) is 19.3 Å². The Morgan fingerprint density at radius 3 is 2.67 bits per heavy atom. The Kier molecular flexibility index (Phi) is 5.68. The molecule has 0 spiro atoms. The Labute approximate surface area is 148 Å². The first-order chi connectivity index (χ1) is 11.7. The molecular weight excluding hydrogens is 324 g/mol. The third-order valence-electron chi connectivity index (χ3n) is 4.58. The number of morpholine rings is 1. The highest BCUT2D eigenvalue weighted by molar-refractivity contribution is 7.80. The summed E-state index contributed by atoms with van der Waals surface area (Å²) in [6.45, 7) is 6.47. The van der Waals surface area contributed by atoms with Gasteiger partial charge in [0.15, 0.2) is 5.11 Å². The van der Waals surface area contributed by atoms with Gasteiger partial charge in [-0.1, -0.05) is 0 Å². The molecule has 2 fully saturated rings. The molecule has 1 aromatic heterocycles. The van der Waals surface area contributed by atoms with Crippen molar-refractivity contribution in [3.8, 4) is 0 Å². The standard InChI is InChI=1S/C16H26N6OS/c1-12-5-3-4-6-22(12)14-11-13(21-7-9-23-10-8-21)18-15(19-14)20-16(24)17-2/h11-12H,3-10H2,1-2H3,(H2,17,18,19,20,24)/t12-/m1/s1. The highest BCUT2D eigenvalue weighted by Gasteiger charge is 2.23. The monoisotopic (exact) mass is 350 g/mol. The fourth-order valence-corrected chi connectivity index (χ4v) is 3.27. The molecule has 24 heavy (non-hydrogen) atoms. The number of thiocarbonyl (C=S) groups is 1. The van der Waals surface area contributed by atoms with Crippen LogP contribution in [0.5, 0.6) is 0 Å². The number of anilines is 3. The van der Waals surface area contributed by atoms with Crippen molar-refractivity contribution in [2.24, 2.45) is 0 Å². The summed E-state index contributed by atoms with van der Waals surface area (Å²) in [4.78, 5) is 14.0. The van der Waals surface area contributed by atoms with Crippen molar-refractivity contribution in [2.75, 3.05) is 55.0 Å². The van der Waals surface area contributed by atoms with Gasteiger partial charge in [-0.3, -0.25) is 0 Å². The Balaban J connectivity index is 1.90. The van der Waals surface area contributed by atoms with Crippen molar-refractivity contribution in [1.29, 1.82) is 0 Å². The van der Waals surface area contributed by atoms with Crippen molar-refractivity contribution in [2.45, 2.75) is 32.2 Å². The molecule has 2 N–H and O–H groups in total. The maximum absolute atomic E-state index is 5.46. The minimum absolute atomic E-state index is 0.496. The highest BCUT2D eigenvalue weighted by atomic mass is 32.1. The molecule has 0 saturated carbocycles. The van der Waals surface area contributed by atoms with Crippen molar-refractivity contribution in [3.05, 3.63) is 6.07 Å². The first-order valence-corrected chi connectivity index (χ1v) is 9.05. The van der Waals surface area contributed by atoms with Crippen LogP contribution in [0.15, 0.2) is 6.07 Å². The van der Waals surface area contributed by atoms with E-state index in [9.17, 15) is 0 Å². The lowest BCUT2D eigenvalue weighted by Gasteiger charge is -2.35. The van der Waals surface area contributed by atoms with E-state index in [1.54, 1.807) is 7.05 Å². The van der Waals surface area contributed by atoms with E-state index >= 15 is 0 Å². The third-order valence-corrected chi connectivity index (χ3v) is 4.89. The minimum atomic E-state index is 0.496. The topological polar surface area (TPSA) is 65.6 Å². The molecule has 132 valence electrons. The normalized spacial score (nSPS) is 21.5. The summed E-state index contributed by atoms with van der Waals surface area (Å²) < 4.78 is 5.46. The van der Waals surface area contributed by atoms with Crippen LogP contribution in [0.4, 0.5) is 17.6 Å². The lowest BCUT2D eigenvalue weighted by Crippen LogP contribution is -2.40. The second-order valence-electron chi connectivity index (χ2n) is 6.25. The first kappa shape index (κ1) is 17.2. The van der Waals surface area contributed by atoms with Gasteiger partial charge in [0, 0.05) is 38.8 Å². The molecule has 3 rings (SSSR count). The molecule has 0 radical (unpaired) electrons. The van der Waals surface area contributed by atoms with E-state index in [1.807, 2.05) is 0 Å². The molecule has 0 aromatic carbocycles. The average molecular weight is 350 g/mol. The van der Waals surface area contributed by atoms with Gasteiger partial charge in [-0.15, -0.1) is 0 Å². The van der Waals surface area contributed by atoms with Crippen molar-refractivity contribution >= 4 is 34.9 Å². The molecule has 8 heteroatoms. The zero-order valence-corrected chi connectivity index (χ0v) is 15.2. The zero-order chi connectivity index (χ0) is 16.9. The maximum atomic E-state index is 5.46. The number of nitrogens with zero attached hydrogens (tertiary/aromatic N) is 4. The molecule has 2 saturated heterocycles. The maximum Gasteiger partial charge on any atom is 0.232 e. The minimum Gasteiger partial charge on any atom is -0.378 e. The number of nitrogens with one attached hydrogen (secondary N) is 2. The van der Waals surface area contributed by atoms with Gasteiger partial charge >= 0.3 is 0 Å². The summed E-state index contributed by atoms with van der Waals surface area (Å²) in [6, 6.07) is 2.59. The van der Waals surface area contributed by atoms with Crippen LogP contribution in [0.3, 0.4) is 0 Å². The Morgan fingerprint density at radius 2 is 1.96 bits per heavy atom. The van der Waals surface area contributed by atoms with Gasteiger partial charge in [0.05, 0.1) is 13.2 Å². The van der Waals surface area contributed by atoms with Gasteiger partial charge in [0.2, 0.25) is 5.95 Å². The molecule has 0 aliphatic carbocycles. The van der Waals surface area contributed by atoms with E-state index in [4.69, 9.17) is 21.9 Å². The number of ether oxygens (including phenoxy) is 1. The van der Waals surface area contributed by atoms with E-state index in [2.05, 4.69) is 38.4 Å². The molecule has 0 bridgehead atoms. The van der Waals surface area contributed by atoms with Crippen LogP contribution < -0.4 is 20.4 Å². The van der Waals surface area contributed by atoms with Crippen LogP contribution in [-0.2, 0) is 4.74 Å². The molecule has 3 heterocycles. The van der Waals surface area contributed by atoms with Crippen molar-refractivity contribution in [1.82, 2.24) is 15.3 Å². The summed E-state index contributed by atoms with van der Waals surface area (Å²) in [5.74, 6) is 2.45. The summed E-state index contributed by atoms with van der Waals surface area (Å²) in [5, 5.41) is 6.51.